The van der Waals surface area contributed by atoms with Crippen LogP contribution in [0.5, 0.6) is 5.75 Å². The van der Waals surface area contributed by atoms with E-state index in [0.717, 1.165) is 42.8 Å². The largest absolute Gasteiger partial charge is 0.495 e. The summed E-state index contributed by atoms with van der Waals surface area (Å²) in [5.74, 6) is 1.62. The van der Waals surface area contributed by atoms with Crippen LogP contribution in [0.25, 0.3) is 11.0 Å². The number of aromatic amines is 1. The van der Waals surface area contributed by atoms with E-state index in [-0.39, 0.29) is 5.25 Å². The Morgan fingerprint density at radius 1 is 1.05 bits per heavy atom. The highest BCUT2D eigenvalue weighted by Crippen LogP contribution is 2.37. The van der Waals surface area contributed by atoms with Crippen LogP contribution in [-0.4, -0.2) is 54.2 Å². The van der Waals surface area contributed by atoms with Crippen LogP contribution in [0.4, 0.5) is 23.1 Å². The summed E-state index contributed by atoms with van der Waals surface area (Å²) in [4.78, 5) is 15.2. The number of hydrogen-bond acceptors (Lipinski definition) is 8. The molecule has 2 aromatic carbocycles. The fourth-order valence-corrected chi connectivity index (χ4v) is 7.02. The molecule has 10 heteroatoms. The first-order valence-electron chi connectivity index (χ1n) is 12.5. The van der Waals surface area contributed by atoms with Crippen LogP contribution in [-0.2, 0) is 22.8 Å². The van der Waals surface area contributed by atoms with Gasteiger partial charge in [0.2, 0.25) is 5.95 Å². The first kappa shape index (κ1) is 23.7. The molecule has 2 aliphatic rings. The van der Waals surface area contributed by atoms with Crippen molar-refractivity contribution in [3.05, 3.63) is 59.8 Å². The van der Waals surface area contributed by atoms with Crippen LogP contribution in [0.3, 0.4) is 0 Å². The molecule has 0 saturated heterocycles. The minimum atomic E-state index is -3.42. The highest BCUT2D eigenvalue weighted by molar-refractivity contribution is 7.92. The number of ether oxygens (including phenoxy) is 1. The van der Waals surface area contributed by atoms with Gasteiger partial charge in [-0.2, -0.15) is 9.97 Å². The van der Waals surface area contributed by atoms with E-state index in [0.29, 0.717) is 40.8 Å². The zero-order valence-electron chi connectivity index (χ0n) is 20.9. The number of nitrogens with one attached hydrogen (secondary N) is 3. The van der Waals surface area contributed by atoms with E-state index in [1.165, 1.54) is 11.1 Å². The number of nitrogens with zero attached hydrogens (tertiary/aromatic N) is 3. The lowest BCUT2D eigenvalue weighted by molar-refractivity contribution is 0.312. The van der Waals surface area contributed by atoms with E-state index in [1.54, 1.807) is 31.5 Å². The molecule has 37 heavy (non-hydrogen) atoms. The van der Waals surface area contributed by atoms with Crippen LogP contribution in [0.15, 0.2) is 53.6 Å². The average Bonchev–Trinajstić information content (AvgIpc) is 3.31. The zero-order chi connectivity index (χ0) is 25.6. The summed E-state index contributed by atoms with van der Waals surface area (Å²) < 4.78 is 32.2. The maximum absolute atomic E-state index is 13.2. The minimum Gasteiger partial charge on any atom is -0.495 e. The Kier molecular flexibility index (Phi) is 6.00. The van der Waals surface area contributed by atoms with Crippen LogP contribution in [0.2, 0.25) is 0 Å². The van der Waals surface area contributed by atoms with Crippen molar-refractivity contribution in [3.63, 3.8) is 0 Å². The average molecular weight is 519 g/mol. The van der Waals surface area contributed by atoms with Gasteiger partial charge < -0.3 is 25.3 Å². The third kappa shape index (κ3) is 4.40. The molecule has 2 aromatic heterocycles. The molecule has 0 spiro atoms. The molecule has 0 bridgehead atoms. The summed E-state index contributed by atoms with van der Waals surface area (Å²) in [5.41, 5.74) is 4.45. The Bertz CT molecular complexity index is 1580. The maximum atomic E-state index is 13.2. The molecule has 1 aliphatic carbocycles. The number of hydrogen-bond donors (Lipinski definition) is 3. The molecule has 1 aliphatic heterocycles. The minimum absolute atomic E-state index is 0.303. The predicted octanol–water partition coefficient (Wildman–Crippen LogP) is 4.77. The molecule has 9 nitrogen and oxygen atoms in total. The summed E-state index contributed by atoms with van der Waals surface area (Å²) in [7, 11) is 0.347. The van der Waals surface area contributed by atoms with E-state index < -0.39 is 9.84 Å². The van der Waals surface area contributed by atoms with E-state index in [2.05, 4.69) is 44.7 Å². The molecular formula is C27H30N6O3S. The maximum Gasteiger partial charge on any atom is 0.231 e. The number of H-pyrrole nitrogens is 1. The van der Waals surface area contributed by atoms with Gasteiger partial charge in [0.05, 0.1) is 34.0 Å². The fourth-order valence-electron chi connectivity index (χ4n) is 5.01. The van der Waals surface area contributed by atoms with Gasteiger partial charge in [0.25, 0.3) is 0 Å². The second-order valence-electron chi connectivity index (χ2n) is 9.79. The van der Waals surface area contributed by atoms with Crippen molar-refractivity contribution in [2.75, 3.05) is 31.3 Å². The molecule has 4 aromatic rings. The van der Waals surface area contributed by atoms with Gasteiger partial charge in [-0.05, 0) is 67.8 Å². The molecular weight excluding hydrogens is 488 g/mol. The molecule has 3 heterocycles. The molecule has 3 N–H and O–H groups in total. The Morgan fingerprint density at radius 2 is 1.89 bits per heavy atom. The zero-order valence-corrected chi connectivity index (χ0v) is 21.7. The Labute approximate surface area is 216 Å². The number of para-hydroxylation sites is 1. The molecule has 1 fully saturated rings. The van der Waals surface area contributed by atoms with E-state index in [4.69, 9.17) is 9.72 Å². The lowest BCUT2D eigenvalue weighted by Gasteiger charge is -2.26. The summed E-state index contributed by atoms with van der Waals surface area (Å²) in [6, 6.07) is 13.1. The summed E-state index contributed by atoms with van der Waals surface area (Å²) >= 11 is 0. The number of rotatable bonds is 7. The molecule has 192 valence electrons. The summed E-state index contributed by atoms with van der Waals surface area (Å²) in [5, 5.41) is 7.07. The van der Waals surface area contributed by atoms with Crippen molar-refractivity contribution in [1.82, 2.24) is 19.9 Å². The second-order valence-corrected chi connectivity index (χ2v) is 12.0. The van der Waals surface area contributed by atoms with Crippen LogP contribution >= 0.6 is 0 Å². The number of likely N-dealkylation sites (N-methyl/N-ethyl adjacent to an activating group) is 1. The summed E-state index contributed by atoms with van der Waals surface area (Å²) in [6.07, 6.45) is 5.13. The van der Waals surface area contributed by atoms with Gasteiger partial charge in [0.1, 0.15) is 17.2 Å². The number of anilines is 4. The summed E-state index contributed by atoms with van der Waals surface area (Å²) in [6.45, 7) is 1.88. The highest BCUT2D eigenvalue weighted by Gasteiger charge is 2.34. The highest BCUT2D eigenvalue weighted by atomic mass is 32.2. The first-order valence-corrected chi connectivity index (χ1v) is 14.1. The molecule has 0 amide bonds. The quantitative estimate of drug-likeness (QED) is 0.321. The van der Waals surface area contributed by atoms with Crippen molar-refractivity contribution in [3.8, 4) is 5.75 Å². The van der Waals surface area contributed by atoms with Crippen molar-refractivity contribution in [2.24, 2.45) is 0 Å². The molecule has 6 rings (SSSR count). The third-order valence-electron chi connectivity index (χ3n) is 7.32. The Morgan fingerprint density at radius 3 is 2.68 bits per heavy atom. The SMILES string of the molecule is COc1cc2c(cc1Nc1nc(Nc3ccccc3S(=O)(=O)C3CCC3)c3cc[nH]c3n1)CN(C)CC2. The van der Waals surface area contributed by atoms with Gasteiger partial charge in [-0.25, -0.2) is 8.42 Å². The number of fused-ring (bicyclic) bond motifs is 2. The predicted molar refractivity (Wildman–Crippen MR) is 145 cm³/mol. The van der Waals surface area contributed by atoms with Gasteiger partial charge in [0, 0.05) is 19.3 Å². The van der Waals surface area contributed by atoms with E-state index in [1.807, 2.05) is 12.1 Å². The normalized spacial score (nSPS) is 16.3. The Hall–Kier alpha value is -3.63. The molecule has 1 saturated carbocycles. The van der Waals surface area contributed by atoms with Crippen molar-refractivity contribution < 1.29 is 13.2 Å². The lowest BCUT2D eigenvalue weighted by Crippen LogP contribution is -2.28. The molecule has 0 unspecified atom stereocenters. The first-order chi connectivity index (χ1) is 17.9. The van der Waals surface area contributed by atoms with Crippen LogP contribution in [0.1, 0.15) is 30.4 Å². The van der Waals surface area contributed by atoms with Gasteiger partial charge >= 0.3 is 0 Å². The van der Waals surface area contributed by atoms with Crippen LogP contribution in [0, 0.1) is 0 Å². The van der Waals surface area contributed by atoms with Gasteiger partial charge in [-0.1, -0.05) is 18.6 Å². The van der Waals surface area contributed by atoms with Gasteiger partial charge in [-0.3, -0.25) is 0 Å². The fraction of sp³-hybridized carbons (Fsp3) is 0.333. The smallest absolute Gasteiger partial charge is 0.231 e. The van der Waals surface area contributed by atoms with Crippen molar-refractivity contribution in [2.45, 2.75) is 42.4 Å². The monoisotopic (exact) mass is 518 g/mol. The van der Waals surface area contributed by atoms with Crippen molar-refractivity contribution >= 4 is 44.0 Å². The van der Waals surface area contributed by atoms with E-state index >= 15 is 0 Å². The topological polar surface area (TPSA) is 112 Å². The number of methoxy groups -OCH3 is 1. The van der Waals surface area contributed by atoms with Crippen LogP contribution < -0.4 is 15.4 Å². The third-order valence-corrected chi connectivity index (χ3v) is 9.64. The van der Waals surface area contributed by atoms with Crippen molar-refractivity contribution in [1.29, 1.82) is 0 Å². The second kappa shape index (κ2) is 9.35. The number of sulfone groups is 1. The molecule has 0 atom stereocenters. The van der Waals surface area contributed by atoms with E-state index in [9.17, 15) is 8.42 Å². The number of benzene rings is 2. The standard InChI is InChI=1S/C27H30N6O3S/c1-33-13-11-17-15-23(36-2)22(14-18(17)16-33)30-27-31-25-20(10-12-28-25)26(32-27)29-21-8-3-4-9-24(21)37(34,35)19-6-5-7-19/h3-4,8-10,12,14-15,19H,5-7,11,13,16H2,1-2H3,(H3,28,29,30,31,32). The lowest BCUT2D eigenvalue weighted by atomic mass is 9.99. The van der Waals surface area contributed by atoms with Gasteiger partial charge in [0.15, 0.2) is 9.84 Å². The van der Waals surface area contributed by atoms with Gasteiger partial charge in [-0.15, -0.1) is 0 Å². The Balaban J connectivity index is 1.37. The molecule has 0 radical (unpaired) electrons. The number of aromatic nitrogens is 3.